The molecule has 2 fully saturated rings. The number of nitrogens with zero attached hydrogens (tertiary/aromatic N) is 7. The molecule has 0 unspecified atom stereocenters. The molecular formula is C25H23F2N7O2. The van der Waals surface area contributed by atoms with Gasteiger partial charge >= 0.3 is 0 Å². The van der Waals surface area contributed by atoms with Gasteiger partial charge in [0.1, 0.15) is 28.9 Å². The van der Waals surface area contributed by atoms with Gasteiger partial charge in [-0.25, -0.2) is 23.7 Å². The fourth-order valence-electron chi connectivity index (χ4n) is 4.29. The minimum absolute atomic E-state index is 0.0935. The molecule has 9 nitrogen and oxygen atoms in total. The van der Waals surface area contributed by atoms with Gasteiger partial charge in [-0.1, -0.05) is 0 Å². The van der Waals surface area contributed by atoms with Crippen LogP contribution in [0.5, 0.6) is 0 Å². The van der Waals surface area contributed by atoms with Crippen molar-refractivity contribution in [1.82, 2.24) is 29.7 Å². The summed E-state index contributed by atoms with van der Waals surface area (Å²) in [4.78, 5) is 33.3. The summed E-state index contributed by atoms with van der Waals surface area (Å²) in [6, 6.07) is 3.68. The van der Waals surface area contributed by atoms with Crippen molar-refractivity contribution in [3.63, 3.8) is 0 Å². The van der Waals surface area contributed by atoms with Crippen LogP contribution in [0.15, 0.2) is 30.6 Å². The number of carbonyl (C=O) groups excluding carboxylic acids is 1. The average molecular weight is 492 g/mol. The van der Waals surface area contributed by atoms with E-state index in [1.807, 2.05) is 16.5 Å². The number of ketones is 1. The number of ether oxygens (including phenoxy) is 1. The molecule has 1 atom stereocenters. The number of carbonyl (C=O) groups is 1. The lowest BCUT2D eigenvalue weighted by molar-refractivity contribution is 0.0338. The number of halogens is 2. The van der Waals surface area contributed by atoms with E-state index in [-0.39, 0.29) is 36.1 Å². The molecule has 4 aromatic rings. The summed E-state index contributed by atoms with van der Waals surface area (Å²) in [6.45, 7) is 4.53. The number of aryl methyl sites for hydroxylation is 2. The van der Waals surface area contributed by atoms with Gasteiger partial charge < -0.3 is 9.64 Å². The summed E-state index contributed by atoms with van der Waals surface area (Å²) in [6.07, 6.45) is 4.76. The topological polar surface area (TPSA) is 98.9 Å². The Morgan fingerprint density at radius 2 is 1.89 bits per heavy atom. The molecule has 0 amide bonds. The van der Waals surface area contributed by atoms with E-state index in [4.69, 9.17) is 4.74 Å². The molecule has 0 bridgehead atoms. The number of benzene rings is 1. The number of rotatable bonds is 5. The minimum Gasteiger partial charge on any atom is -0.366 e. The summed E-state index contributed by atoms with van der Waals surface area (Å²) < 4.78 is 36.0. The lowest BCUT2D eigenvalue weighted by Gasteiger charge is -2.32. The zero-order chi connectivity index (χ0) is 25.0. The maximum atomic E-state index is 14.8. The molecule has 0 spiro atoms. The highest BCUT2D eigenvalue weighted by Gasteiger charge is 2.32. The van der Waals surface area contributed by atoms with Gasteiger partial charge in [0.05, 0.1) is 42.3 Å². The highest BCUT2D eigenvalue weighted by molar-refractivity contribution is 5.99. The van der Waals surface area contributed by atoms with E-state index in [1.54, 1.807) is 19.3 Å². The molecule has 36 heavy (non-hydrogen) atoms. The zero-order valence-corrected chi connectivity index (χ0v) is 19.8. The number of hydrogen-bond acceptors (Lipinski definition) is 8. The first kappa shape index (κ1) is 22.6. The van der Waals surface area contributed by atoms with Crippen molar-refractivity contribution in [2.45, 2.75) is 38.8 Å². The second kappa shape index (κ2) is 8.66. The highest BCUT2D eigenvalue weighted by Crippen LogP contribution is 2.34. The molecule has 6 rings (SSSR count). The number of morpholine rings is 1. The van der Waals surface area contributed by atoms with Gasteiger partial charge in [0.25, 0.3) is 0 Å². The third kappa shape index (κ3) is 4.09. The van der Waals surface area contributed by atoms with Crippen molar-refractivity contribution in [1.29, 1.82) is 0 Å². The van der Waals surface area contributed by atoms with Crippen molar-refractivity contribution in [2.75, 3.05) is 24.6 Å². The first-order valence-electron chi connectivity index (χ1n) is 11.8. The van der Waals surface area contributed by atoms with E-state index in [9.17, 15) is 13.6 Å². The van der Waals surface area contributed by atoms with E-state index in [1.165, 1.54) is 12.1 Å². The molecule has 1 aromatic carbocycles. The molecule has 0 radical (unpaired) electrons. The van der Waals surface area contributed by atoms with Crippen LogP contribution in [0, 0.1) is 25.5 Å². The molecule has 1 saturated carbocycles. The van der Waals surface area contributed by atoms with Crippen molar-refractivity contribution < 1.29 is 18.3 Å². The Labute approximate surface area is 205 Å². The van der Waals surface area contributed by atoms with E-state index < -0.39 is 17.7 Å². The highest BCUT2D eigenvalue weighted by atomic mass is 19.1. The minimum atomic E-state index is -0.760. The second-order valence-electron chi connectivity index (χ2n) is 9.17. The third-order valence-electron chi connectivity index (χ3n) is 6.57. The molecule has 184 valence electrons. The first-order chi connectivity index (χ1) is 17.4. The van der Waals surface area contributed by atoms with E-state index in [0.29, 0.717) is 40.7 Å². The summed E-state index contributed by atoms with van der Waals surface area (Å²) >= 11 is 0. The molecule has 3 aromatic heterocycles. The summed E-state index contributed by atoms with van der Waals surface area (Å²) in [5.74, 6) is -1.34. The van der Waals surface area contributed by atoms with Crippen molar-refractivity contribution in [2.24, 2.45) is 0 Å². The molecule has 0 N–H and O–H groups in total. The molecule has 4 heterocycles. The smallest absolute Gasteiger partial charge is 0.228 e. The lowest BCUT2D eigenvalue weighted by atomic mass is 10.1. The third-order valence-corrected chi connectivity index (χ3v) is 6.57. The van der Waals surface area contributed by atoms with E-state index in [2.05, 4.69) is 25.0 Å². The summed E-state index contributed by atoms with van der Waals surface area (Å²) in [5.41, 5.74) is 2.76. The van der Waals surface area contributed by atoms with Crippen LogP contribution in [0.2, 0.25) is 0 Å². The van der Waals surface area contributed by atoms with Crippen molar-refractivity contribution in [3.8, 4) is 11.3 Å². The monoisotopic (exact) mass is 491 g/mol. The van der Waals surface area contributed by atoms with Gasteiger partial charge in [0.2, 0.25) is 5.95 Å². The van der Waals surface area contributed by atoms with Crippen LogP contribution in [0.3, 0.4) is 0 Å². The SMILES string of the molecule is Cc1nc2nc(N3CCO[C@H](C(=O)c4cnn(C5CC5)c4)C3)nc(-c3ccc(F)cc3F)c2nc1C. The molecule has 1 aliphatic carbocycles. The Kier molecular flexibility index (Phi) is 5.44. The molecule has 1 saturated heterocycles. The summed E-state index contributed by atoms with van der Waals surface area (Å²) in [7, 11) is 0. The van der Waals surface area contributed by atoms with Gasteiger partial charge in [-0.15, -0.1) is 0 Å². The van der Waals surface area contributed by atoms with E-state index >= 15 is 0 Å². The predicted molar refractivity (Wildman–Crippen MR) is 127 cm³/mol. The van der Waals surface area contributed by atoms with Crippen LogP contribution < -0.4 is 4.90 Å². The Balaban J connectivity index is 1.37. The van der Waals surface area contributed by atoms with Gasteiger partial charge in [-0.2, -0.15) is 10.1 Å². The predicted octanol–water partition coefficient (Wildman–Crippen LogP) is 3.60. The van der Waals surface area contributed by atoms with Gasteiger partial charge in [-0.3, -0.25) is 9.48 Å². The van der Waals surface area contributed by atoms with Crippen LogP contribution in [0.1, 0.15) is 40.6 Å². The maximum Gasteiger partial charge on any atom is 0.228 e. The molecule has 2 aliphatic rings. The van der Waals surface area contributed by atoms with Crippen LogP contribution in [-0.4, -0.2) is 61.3 Å². The van der Waals surface area contributed by atoms with Gasteiger partial charge in [-0.05, 0) is 38.8 Å². The van der Waals surface area contributed by atoms with Crippen LogP contribution in [0.4, 0.5) is 14.7 Å². The average Bonchev–Trinajstić information content (AvgIpc) is 3.60. The van der Waals surface area contributed by atoms with Crippen molar-refractivity contribution >= 4 is 22.9 Å². The Bertz CT molecular complexity index is 1500. The summed E-state index contributed by atoms with van der Waals surface area (Å²) in [5, 5.41) is 4.30. The van der Waals surface area contributed by atoms with Gasteiger partial charge in [0.15, 0.2) is 11.4 Å². The Morgan fingerprint density at radius 1 is 1.08 bits per heavy atom. The Hall–Kier alpha value is -3.86. The number of hydrogen-bond donors (Lipinski definition) is 0. The lowest BCUT2D eigenvalue weighted by Crippen LogP contribution is -2.46. The normalized spacial score (nSPS) is 18.1. The maximum absolute atomic E-state index is 14.8. The first-order valence-corrected chi connectivity index (χ1v) is 11.8. The van der Waals surface area contributed by atoms with Crippen LogP contribution in [0.25, 0.3) is 22.4 Å². The quantitative estimate of drug-likeness (QED) is 0.391. The molecule has 11 heteroatoms. The second-order valence-corrected chi connectivity index (χ2v) is 9.17. The zero-order valence-electron chi connectivity index (χ0n) is 19.8. The number of fused-ring (bicyclic) bond motifs is 1. The molecular weight excluding hydrogens is 468 g/mol. The number of anilines is 1. The van der Waals surface area contributed by atoms with Crippen LogP contribution >= 0.6 is 0 Å². The largest absolute Gasteiger partial charge is 0.366 e. The van der Waals surface area contributed by atoms with Crippen molar-refractivity contribution in [3.05, 3.63) is 59.2 Å². The molecule has 1 aliphatic heterocycles. The van der Waals surface area contributed by atoms with Crippen LogP contribution in [-0.2, 0) is 4.74 Å². The Morgan fingerprint density at radius 3 is 2.67 bits per heavy atom. The number of aromatic nitrogens is 6. The van der Waals surface area contributed by atoms with Gasteiger partial charge in [0, 0.05) is 24.4 Å². The van der Waals surface area contributed by atoms with E-state index in [0.717, 1.165) is 18.9 Å². The number of Topliss-reactive ketones (excluding diaryl/α,β-unsaturated/α-hetero) is 1. The fraction of sp³-hybridized carbons (Fsp3) is 0.360. The fourth-order valence-corrected chi connectivity index (χ4v) is 4.29. The standard InChI is InChI=1S/C25H23F2N7O2/c1-13-14(2)30-24-22(29-13)21(18-6-3-16(26)9-19(18)27)31-25(32-24)33-7-8-36-20(12-33)23(35)15-10-28-34(11-15)17-4-5-17/h3,6,9-11,17,20H,4-5,7-8,12H2,1-2H3/t20-/m0/s1.